The maximum atomic E-state index is 8.57. The highest BCUT2D eigenvalue weighted by atomic mass is 35.5. The molecule has 1 aromatic rings. The van der Waals surface area contributed by atoms with Crippen LogP contribution in [-0.4, -0.2) is 0 Å². The standard InChI is InChI=1S/C10H10ClN/c1-8(7-12)6-9-2-4-10(11)5-3-9/h2-5,8H,6H2,1H3. The van der Waals surface area contributed by atoms with Crippen LogP contribution in [0.2, 0.25) is 5.02 Å². The average Bonchev–Trinajstić information content (AvgIpc) is 2.09. The summed E-state index contributed by atoms with van der Waals surface area (Å²) in [5.41, 5.74) is 1.16. The van der Waals surface area contributed by atoms with Gasteiger partial charge in [-0.3, -0.25) is 0 Å². The van der Waals surface area contributed by atoms with E-state index in [2.05, 4.69) is 6.07 Å². The Bertz CT molecular complexity index is 284. The smallest absolute Gasteiger partial charge is 0.0656 e. The molecule has 0 heterocycles. The molecule has 0 aromatic heterocycles. The van der Waals surface area contributed by atoms with Gasteiger partial charge in [0.25, 0.3) is 0 Å². The van der Waals surface area contributed by atoms with Gasteiger partial charge in [0.15, 0.2) is 0 Å². The van der Waals surface area contributed by atoms with Crippen LogP contribution in [-0.2, 0) is 6.42 Å². The topological polar surface area (TPSA) is 23.8 Å². The second-order valence-electron chi connectivity index (χ2n) is 2.86. The van der Waals surface area contributed by atoms with E-state index < -0.39 is 0 Å². The SMILES string of the molecule is CC(C#N)Cc1ccc(Cl)cc1. The third-order valence-corrected chi connectivity index (χ3v) is 1.93. The van der Waals surface area contributed by atoms with Crippen LogP contribution in [0.15, 0.2) is 24.3 Å². The average molecular weight is 180 g/mol. The van der Waals surface area contributed by atoms with E-state index in [1.165, 1.54) is 0 Å². The third kappa shape index (κ3) is 2.56. The second kappa shape index (κ2) is 4.13. The number of nitriles is 1. The zero-order valence-electron chi connectivity index (χ0n) is 6.92. The van der Waals surface area contributed by atoms with Gasteiger partial charge in [0.2, 0.25) is 0 Å². The Balaban J connectivity index is 2.66. The Labute approximate surface area is 77.6 Å². The van der Waals surface area contributed by atoms with E-state index in [0.29, 0.717) is 0 Å². The Morgan fingerprint density at radius 3 is 2.50 bits per heavy atom. The van der Waals surface area contributed by atoms with Gasteiger partial charge < -0.3 is 0 Å². The normalized spacial score (nSPS) is 12.1. The van der Waals surface area contributed by atoms with Gasteiger partial charge in [-0.2, -0.15) is 5.26 Å². The lowest BCUT2D eigenvalue weighted by Crippen LogP contribution is -1.95. The van der Waals surface area contributed by atoms with Crippen molar-refractivity contribution in [2.24, 2.45) is 5.92 Å². The van der Waals surface area contributed by atoms with E-state index in [9.17, 15) is 0 Å². The fraction of sp³-hybridized carbons (Fsp3) is 0.300. The van der Waals surface area contributed by atoms with Crippen LogP contribution in [0.5, 0.6) is 0 Å². The molecule has 0 N–H and O–H groups in total. The fourth-order valence-corrected chi connectivity index (χ4v) is 1.15. The predicted molar refractivity (Wildman–Crippen MR) is 49.9 cm³/mol. The Morgan fingerprint density at radius 1 is 1.42 bits per heavy atom. The lowest BCUT2D eigenvalue weighted by molar-refractivity contribution is 0.739. The van der Waals surface area contributed by atoms with Crippen LogP contribution in [0.1, 0.15) is 12.5 Å². The first kappa shape index (κ1) is 9.09. The highest BCUT2D eigenvalue weighted by molar-refractivity contribution is 6.30. The van der Waals surface area contributed by atoms with E-state index in [4.69, 9.17) is 16.9 Å². The molecule has 0 aliphatic heterocycles. The zero-order valence-corrected chi connectivity index (χ0v) is 7.67. The quantitative estimate of drug-likeness (QED) is 0.685. The van der Waals surface area contributed by atoms with Crippen molar-refractivity contribution in [3.8, 4) is 6.07 Å². The third-order valence-electron chi connectivity index (χ3n) is 1.68. The van der Waals surface area contributed by atoms with E-state index in [-0.39, 0.29) is 5.92 Å². The van der Waals surface area contributed by atoms with Gasteiger partial charge >= 0.3 is 0 Å². The molecule has 0 aliphatic carbocycles. The summed E-state index contributed by atoms with van der Waals surface area (Å²) in [6, 6.07) is 9.80. The van der Waals surface area contributed by atoms with Gasteiger partial charge in [0.1, 0.15) is 0 Å². The minimum absolute atomic E-state index is 0.0752. The zero-order chi connectivity index (χ0) is 8.97. The molecule has 1 nitrogen and oxygen atoms in total. The van der Waals surface area contributed by atoms with Crippen LogP contribution in [0.25, 0.3) is 0 Å². The van der Waals surface area contributed by atoms with Crippen LogP contribution < -0.4 is 0 Å². The maximum Gasteiger partial charge on any atom is 0.0656 e. The molecule has 0 amide bonds. The maximum absolute atomic E-state index is 8.57. The van der Waals surface area contributed by atoms with Crippen molar-refractivity contribution in [3.05, 3.63) is 34.9 Å². The molecule has 0 saturated heterocycles. The summed E-state index contributed by atoms with van der Waals surface area (Å²) < 4.78 is 0. The summed E-state index contributed by atoms with van der Waals surface area (Å²) in [7, 11) is 0. The highest BCUT2D eigenvalue weighted by Gasteiger charge is 2.00. The van der Waals surface area contributed by atoms with E-state index in [1.54, 1.807) is 0 Å². The summed E-state index contributed by atoms with van der Waals surface area (Å²) >= 11 is 5.72. The molecule has 0 fully saturated rings. The first-order valence-electron chi connectivity index (χ1n) is 3.86. The van der Waals surface area contributed by atoms with Crippen molar-refractivity contribution < 1.29 is 0 Å². The fourth-order valence-electron chi connectivity index (χ4n) is 1.02. The summed E-state index contributed by atoms with van der Waals surface area (Å²) in [6.07, 6.45) is 0.799. The molecule has 0 spiro atoms. The minimum atomic E-state index is 0.0752. The molecular weight excluding hydrogens is 170 g/mol. The number of benzene rings is 1. The van der Waals surface area contributed by atoms with Gasteiger partial charge in [0.05, 0.1) is 6.07 Å². The summed E-state index contributed by atoms with van der Waals surface area (Å²) in [6.45, 7) is 1.91. The molecule has 1 aromatic carbocycles. The number of halogens is 1. The Hall–Kier alpha value is -1.00. The van der Waals surface area contributed by atoms with Gasteiger partial charge in [-0.05, 0) is 31.0 Å². The van der Waals surface area contributed by atoms with Crippen LogP contribution in [0, 0.1) is 17.2 Å². The molecular formula is C10H10ClN. The van der Waals surface area contributed by atoms with E-state index >= 15 is 0 Å². The van der Waals surface area contributed by atoms with Crippen LogP contribution in [0.4, 0.5) is 0 Å². The van der Waals surface area contributed by atoms with E-state index in [0.717, 1.165) is 17.0 Å². The van der Waals surface area contributed by atoms with Gasteiger partial charge in [-0.1, -0.05) is 23.7 Å². The second-order valence-corrected chi connectivity index (χ2v) is 3.30. The van der Waals surface area contributed by atoms with Crippen molar-refractivity contribution in [2.75, 3.05) is 0 Å². The van der Waals surface area contributed by atoms with Gasteiger partial charge in [-0.15, -0.1) is 0 Å². The summed E-state index contributed by atoms with van der Waals surface area (Å²) in [4.78, 5) is 0. The summed E-state index contributed by atoms with van der Waals surface area (Å²) in [5.74, 6) is 0.0752. The number of rotatable bonds is 2. The first-order valence-corrected chi connectivity index (χ1v) is 4.24. The van der Waals surface area contributed by atoms with Crippen LogP contribution >= 0.6 is 11.6 Å². The van der Waals surface area contributed by atoms with E-state index in [1.807, 2.05) is 31.2 Å². The minimum Gasteiger partial charge on any atom is -0.198 e. The van der Waals surface area contributed by atoms with Crippen molar-refractivity contribution in [2.45, 2.75) is 13.3 Å². The van der Waals surface area contributed by atoms with Gasteiger partial charge in [-0.25, -0.2) is 0 Å². The molecule has 2 heteroatoms. The summed E-state index contributed by atoms with van der Waals surface area (Å²) in [5, 5.41) is 9.31. The Morgan fingerprint density at radius 2 is 2.00 bits per heavy atom. The Kier molecular flexibility index (Phi) is 3.13. The molecule has 1 unspecified atom stereocenters. The predicted octanol–water partition coefficient (Wildman–Crippen LogP) is 3.04. The van der Waals surface area contributed by atoms with Crippen molar-refractivity contribution in [3.63, 3.8) is 0 Å². The van der Waals surface area contributed by atoms with Gasteiger partial charge in [0, 0.05) is 10.9 Å². The molecule has 0 aliphatic rings. The number of hydrogen-bond acceptors (Lipinski definition) is 1. The van der Waals surface area contributed by atoms with Crippen molar-refractivity contribution in [1.82, 2.24) is 0 Å². The van der Waals surface area contributed by atoms with Crippen LogP contribution in [0.3, 0.4) is 0 Å². The van der Waals surface area contributed by atoms with Crippen molar-refractivity contribution in [1.29, 1.82) is 5.26 Å². The highest BCUT2D eigenvalue weighted by Crippen LogP contribution is 2.12. The molecule has 12 heavy (non-hydrogen) atoms. The molecule has 0 saturated carbocycles. The molecule has 0 radical (unpaired) electrons. The molecule has 1 rings (SSSR count). The molecule has 62 valence electrons. The van der Waals surface area contributed by atoms with Crippen molar-refractivity contribution >= 4 is 11.6 Å². The lowest BCUT2D eigenvalue weighted by Gasteiger charge is -2.01. The number of hydrogen-bond donors (Lipinski definition) is 0. The largest absolute Gasteiger partial charge is 0.198 e. The number of nitrogens with zero attached hydrogens (tertiary/aromatic N) is 1. The monoisotopic (exact) mass is 179 g/mol. The molecule has 0 bridgehead atoms. The lowest BCUT2D eigenvalue weighted by atomic mass is 10.0. The first-order chi connectivity index (χ1) is 5.72. The molecule has 1 atom stereocenters.